The predicted octanol–water partition coefficient (Wildman–Crippen LogP) is 1.38. The van der Waals surface area contributed by atoms with Gasteiger partial charge in [0.25, 0.3) is 5.56 Å². The van der Waals surface area contributed by atoms with Crippen molar-refractivity contribution in [1.29, 1.82) is 0 Å². The molecule has 1 aliphatic rings. The standard InChI is InChI=1S/C21H35N2O11PS2.CO2/c1-5-21(19(26)31-6-2,11-30-13-37-36-7-3)12-32-35(28,29)34-15-8-17(33-16(15)10-24)23-9-14(4)18(25)22-20(23)27;2-1-3/h9,15-17,24H,5-8,10-13H2,1-4H3,(H,28,29)(H,22,25,27);/t15?,16-,17-,21?;/m1./s1. The number of hydrogen-bond acceptors (Lipinski definition) is 14. The average molecular weight is 631 g/mol. The highest BCUT2D eigenvalue weighted by atomic mass is 33.1. The minimum Gasteiger partial charge on any atom is -0.465 e. The van der Waals surface area contributed by atoms with Gasteiger partial charge in [-0.25, -0.2) is 9.36 Å². The topological polar surface area (TPSA) is 210 Å². The summed E-state index contributed by atoms with van der Waals surface area (Å²) in [7, 11) is -1.71. The number of aromatic nitrogens is 2. The SMILES string of the molecule is CCOC(=O)C(CC)(COCSSCC)COP(=O)(O)OC1C[C@H](n2cc(C)c(=O)[nH]c2=O)O[C@@H]1CO.O=C=O. The van der Waals surface area contributed by atoms with E-state index in [-0.39, 0.29) is 37.8 Å². The second kappa shape index (κ2) is 17.9. The largest absolute Gasteiger partial charge is 0.472 e. The van der Waals surface area contributed by atoms with Gasteiger partial charge >= 0.3 is 25.6 Å². The molecule has 2 rings (SSSR count). The summed E-state index contributed by atoms with van der Waals surface area (Å²) in [6, 6.07) is 0. The fraction of sp³-hybridized carbons (Fsp3) is 0.727. The van der Waals surface area contributed by atoms with E-state index in [0.29, 0.717) is 5.94 Å². The van der Waals surface area contributed by atoms with Crippen LogP contribution in [0, 0.1) is 12.3 Å². The van der Waals surface area contributed by atoms with Gasteiger partial charge in [0.05, 0.1) is 26.4 Å². The van der Waals surface area contributed by atoms with E-state index in [0.717, 1.165) is 10.3 Å². The number of phosphoric acid groups is 1. The summed E-state index contributed by atoms with van der Waals surface area (Å²) < 4.78 is 40.9. The van der Waals surface area contributed by atoms with Crippen LogP contribution in [0.15, 0.2) is 15.8 Å². The Balaban J connectivity index is 0.00000254. The molecule has 0 amide bonds. The first-order chi connectivity index (χ1) is 18.9. The smallest absolute Gasteiger partial charge is 0.465 e. The number of ether oxygens (including phenoxy) is 3. The van der Waals surface area contributed by atoms with Crippen molar-refractivity contribution < 1.29 is 52.2 Å². The molecule has 0 aromatic carbocycles. The van der Waals surface area contributed by atoms with Gasteiger partial charge in [0, 0.05) is 23.9 Å². The summed E-state index contributed by atoms with van der Waals surface area (Å²) in [5.74, 6) is 0.557. The van der Waals surface area contributed by atoms with Crippen LogP contribution >= 0.6 is 29.4 Å². The summed E-state index contributed by atoms with van der Waals surface area (Å²) in [5.41, 5.74) is -2.38. The molecule has 228 valence electrons. The van der Waals surface area contributed by atoms with Crippen molar-refractivity contribution in [3.8, 4) is 0 Å². The van der Waals surface area contributed by atoms with Crippen molar-refractivity contribution >= 4 is 41.5 Å². The molecule has 3 N–H and O–H groups in total. The van der Waals surface area contributed by atoms with Gasteiger partial charge in [-0.3, -0.25) is 28.2 Å². The fourth-order valence-corrected chi connectivity index (χ4v) is 5.86. The lowest BCUT2D eigenvalue weighted by Gasteiger charge is -2.30. The van der Waals surface area contributed by atoms with Crippen molar-refractivity contribution in [1.82, 2.24) is 9.55 Å². The molecule has 40 heavy (non-hydrogen) atoms. The third kappa shape index (κ3) is 10.9. The van der Waals surface area contributed by atoms with Crippen LogP contribution in [0.2, 0.25) is 0 Å². The molecule has 1 aliphatic heterocycles. The lowest BCUT2D eigenvalue weighted by Crippen LogP contribution is -2.41. The van der Waals surface area contributed by atoms with E-state index in [1.165, 1.54) is 23.9 Å². The van der Waals surface area contributed by atoms with E-state index in [9.17, 15) is 28.9 Å². The molecule has 15 nitrogen and oxygen atoms in total. The van der Waals surface area contributed by atoms with E-state index in [4.69, 9.17) is 32.8 Å². The Labute approximate surface area is 238 Å². The number of aromatic amines is 1. The van der Waals surface area contributed by atoms with E-state index in [2.05, 4.69) is 4.98 Å². The van der Waals surface area contributed by atoms with Gasteiger partial charge in [0.15, 0.2) is 0 Å². The lowest BCUT2D eigenvalue weighted by molar-refractivity contribution is -0.191. The van der Waals surface area contributed by atoms with E-state index in [1.54, 1.807) is 24.6 Å². The number of aliphatic hydroxyl groups excluding tert-OH is 1. The second-order valence-corrected chi connectivity index (χ2v) is 12.4. The number of aliphatic hydroxyl groups is 1. The number of hydrogen-bond donors (Lipinski definition) is 3. The molecule has 0 saturated carbocycles. The highest BCUT2D eigenvalue weighted by molar-refractivity contribution is 8.76. The van der Waals surface area contributed by atoms with Crippen LogP contribution < -0.4 is 11.2 Å². The van der Waals surface area contributed by atoms with Crippen LogP contribution in [0.4, 0.5) is 0 Å². The molecule has 1 fully saturated rings. The van der Waals surface area contributed by atoms with E-state index < -0.39 is 62.1 Å². The highest BCUT2D eigenvalue weighted by Gasteiger charge is 2.45. The van der Waals surface area contributed by atoms with Gasteiger partial charge in [-0.15, -0.1) is 0 Å². The van der Waals surface area contributed by atoms with Crippen molar-refractivity contribution in [2.45, 2.75) is 59.0 Å². The number of carbonyl (C=O) groups is 1. The van der Waals surface area contributed by atoms with Gasteiger partial charge in [0.1, 0.15) is 29.8 Å². The fourth-order valence-electron chi connectivity index (χ4n) is 3.53. The zero-order valence-electron chi connectivity index (χ0n) is 22.6. The summed E-state index contributed by atoms with van der Waals surface area (Å²) >= 11 is 0. The molecule has 1 aromatic heterocycles. The van der Waals surface area contributed by atoms with Gasteiger partial charge < -0.3 is 24.2 Å². The average Bonchev–Trinajstić information content (AvgIpc) is 3.30. The van der Waals surface area contributed by atoms with Crippen molar-refractivity contribution in [3.05, 3.63) is 32.6 Å². The van der Waals surface area contributed by atoms with E-state index in [1.807, 2.05) is 6.92 Å². The van der Waals surface area contributed by atoms with Crippen molar-refractivity contribution in [2.75, 3.05) is 38.1 Å². The van der Waals surface area contributed by atoms with Crippen LogP contribution in [0.25, 0.3) is 0 Å². The summed E-state index contributed by atoms with van der Waals surface area (Å²) in [4.78, 5) is 65.5. The van der Waals surface area contributed by atoms with Gasteiger partial charge in [-0.2, -0.15) is 9.59 Å². The number of nitrogens with zero attached hydrogens (tertiary/aromatic N) is 1. The normalized spacial score (nSPS) is 21.4. The third-order valence-corrected chi connectivity index (χ3v) is 8.84. The summed E-state index contributed by atoms with van der Waals surface area (Å²) in [6.45, 7) is 5.79. The maximum Gasteiger partial charge on any atom is 0.472 e. The summed E-state index contributed by atoms with van der Waals surface area (Å²) in [5, 5.41) is 9.71. The monoisotopic (exact) mass is 630 g/mol. The van der Waals surface area contributed by atoms with Crippen LogP contribution in [0.1, 0.15) is 45.4 Å². The molecule has 0 radical (unpaired) electrons. The minimum absolute atomic E-state index is 0.0866. The number of carbonyl (C=O) groups excluding carboxylic acids is 3. The Morgan fingerprint density at radius 3 is 2.52 bits per heavy atom. The molecule has 18 heteroatoms. The van der Waals surface area contributed by atoms with Crippen molar-refractivity contribution in [2.24, 2.45) is 5.41 Å². The Kier molecular flexibility index (Phi) is 16.2. The van der Waals surface area contributed by atoms with Crippen molar-refractivity contribution in [3.63, 3.8) is 0 Å². The zero-order valence-corrected chi connectivity index (χ0v) is 25.1. The second-order valence-electron chi connectivity index (χ2n) is 8.34. The molecule has 5 atom stereocenters. The number of nitrogens with one attached hydrogen (secondary N) is 1. The summed E-state index contributed by atoms with van der Waals surface area (Å²) in [6.07, 6.45) is -1.47. The first-order valence-corrected chi connectivity index (χ1v) is 16.1. The quantitative estimate of drug-likeness (QED) is 0.0774. The van der Waals surface area contributed by atoms with Gasteiger partial charge in [-0.1, -0.05) is 35.4 Å². The number of phosphoric ester groups is 1. The molecule has 2 heterocycles. The molecule has 0 aliphatic carbocycles. The maximum absolute atomic E-state index is 12.9. The number of rotatable bonds is 16. The van der Waals surface area contributed by atoms with Crippen LogP contribution in [-0.4, -0.2) is 82.0 Å². The Bertz CT molecular complexity index is 1140. The third-order valence-electron chi connectivity index (χ3n) is 5.69. The molecular weight excluding hydrogens is 595 g/mol. The Morgan fingerprint density at radius 2 is 1.95 bits per heavy atom. The van der Waals surface area contributed by atoms with Crippen LogP contribution in [0.5, 0.6) is 0 Å². The van der Waals surface area contributed by atoms with Gasteiger partial charge in [-0.05, 0) is 20.3 Å². The first-order valence-electron chi connectivity index (χ1n) is 12.2. The van der Waals surface area contributed by atoms with Crippen LogP contribution in [0.3, 0.4) is 0 Å². The molecule has 1 aromatic rings. The van der Waals surface area contributed by atoms with Crippen LogP contribution in [-0.2, 0) is 42.2 Å². The number of aryl methyl sites for hydroxylation is 1. The molecular formula is C22H35N2O13PS2. The predicted molar refractivity (Wildman–Crippen MR) is 143 cm³/mol. The first kappa shape index (κ1) is 36.2. The number of H-pyrrole nitrogens is 1. The zero-order chi connectivity index (χ0) is 30.3. The minimum atomic E-state index is -4.77. The molecule has 1 saturated heterocycles. The molecule has 0 bridgehead atoms. The maximum atomic E-state index is 12.9. The van der Waals surface area contributed by atoms with E-state index >= 15 is 0 Å². The lowest BCUT2D eigenvalue weighted by atomic mass is 9.87. The highest BCUT2D eigenvalue weighted by Crippen LogP contribution is 2.49. The number of esters is 1. The molecule has 0 spiro atoms. The Hall–Kier alpha value is -1.78. The molecule has 3 unspecified atom stereocenters. The van der Waals surface area contributed by atoms with Gasteiger partial charge in [0.2, 0.25) is 0 Å². The Morgan fingerprint density at radius 1 is 1.27 bits per heavy atom.